The average molecular weight is 404 g/mol. The third-order valence-corrected chi connectivity index (χ3v) is 4.06. The smallest absolute Gasteiger partial charge is 0.331 e. The van der Waals surface area contributed by atoms with Gasteiger partial charge in [-0.3, -0.25) is 4.79 Å². The maximum Gasteiger partial charge on any atom is 0.331 e. The summed E-state index contributed by atoms with van der Waals surface area (Å²) in [6, 6.07) is 14.8. The molecule has 25 heavy (non-hydrogen) atoms. The molecular formula is C19H18BrNO4. The molecule has 1 N–H and O–H groups in total. The number of hydrogen-bond acceptors (Lipinski definition) is 4. The second-order valence-electron chi connectivity index (χ2n) is 5.09. The van der Waals surface area contributed by atoms with Crippen molar-refractivity contribution in [2.24, 2.45) is 0 Å². The van der Waals surface area contributed by atoms with E-state index in [1.165, 1.54) is 6.08 Å². The van der Waals surface area contributed by atoms with Crippen molar-refractivity contribution < 1.29 is 19.1 Å². The van der Waals surface area contributed by atoms with Crippen LogP contribution in [0.3, 0.4) is 0 Å². The minimum atomic E-state index is -0.584. The zero-order valence-electron chi connectivity index (χ0n) is 13.7. The van der Waals surface area contributed by atoms with Crippen molar-refractivity contribution in [1.82, 2.24) is 5.32 Å². The SMILES string of the molecule is COc1cccc(C=CC(=O)OCC(=O)NCc2ccccc2Br)c1. The molecule has 1 amide bonds. The van der Waals surface area contributed by atoms with Crippen molar-refractivity contribution in [2.75, 3.05) is 13.7 Å². The number of amides is 1. The van der Waals surface area contributed by atoms with Crippen LogP contribution in [0.4, 0.5) is 0 Å². The molecule has 0 saturated heterocycles. The van der Waals surface area contributed by atoms with Gasteiger partial charge in [0.05, 0.1) is 7.11 Å². The van der Waals surface area contributed by atoms with E-state index in [0.29, 0.717) is 12.3 Å². The minimum Gasteiger partial charge on any atom is -0.497 e. The number of halogens is 1. The maximum absolute atomic E-state index is 11.7. The molecule has 5 nitrogen and oxygen atoms in total. The first-order valence-corrected chi connectivity index (χ1v) is 8.37. The third kappa shape index (κ3) is 6.43. The Balaban J connectivity index is 1.76. The normalized spacial score (nSPS) is 10.5. The summed E-state index contributed by atoms with van der Waals surface area (Å²) >= 11 is 3.41. The van der Waals surface area contributed by atoms with Gasteiger partial charge < -0.3 is 14.8 Å². The number of benzene rings is 2. The molecule has 0 spiro atoms. The fourth-order valence-corrected chi connectivity index (χ4v) is 2.41. The average Bonchev–Trinajstić information content (AvgIpc) is 2.64. The van der Waals surface area contributed by atoms with Crippen molar-refractivity contribution in [3.05, 3.63) is 70.2 Å². The number of carbonyl (C=O) groups excluding carboxylic acids is 2. The van der Waals surface area contributed by atoms with Gasteiger partial charge in [0.25, 0.3) is 5.91 Å². The van der Waals surface area contributed by atoms with Gasteiger partial charge in [-0.2, -0.15) is 0 Å². The number of carbonyl (C=O) groups is 2. The monoisotopic (exact) mass is 403 g/mol. The third-order valence-electron chi connectivity index (χ3n) is 3.29. The van der Waals surface area contributed by atoms with Crippen LogP contribution >= 0.6 is 15.9 Å². The number of methoxy groups -OCH3 is 1. The fraction of sp³-hybridized carbons (Fsp3) is 0.158. The van der Waals surface area contributed by atoms with Crippen LogP contribution in [-0.2, 0) is 20.9 Å². The van der Waals surface area contributed by atoms with Gasteiger partial charge in [-0.15, -0.1) is 0 Å². The highest BCUT2D eigenvalue weighted by atomic mass is 79.9. The molecule has 0 saturated carbocycles. The van der Waals surface area contributed by atoms with Gasteiger partial charge in [0, 0.05) is 17.1 Å². The molecule has 0 aromatic heterocycles. The van der Waals surface area contributed by atoms with E-state index in [1.54, 1.807) is 19.3 Å². The molecule has 0 radical (unpaired) electrons. The van der Waals surface area contributed by atoms with Crippen molar-refractivity contribution in [3.63, 3.8) is 0 Å². The Morgan fingerprint density at radius 1 is 1.16 bits per heavy atom. The summed E-state index contributed by atoms with van der Waals surface area (Å²) in [7, 11) is 1.57. The first-order valence-electron chi connectivity index (χ1n) is 7.57. The van der Waals surface area contributed by atoms with Crippen molar-refractivity contribution in [2.45, 2.75) is 6.54 Å². The largest absolute Gasteiger partial charge is 0.497 e. The molecule has 0 aliphatic carbocycles. The Morgan fingerprint density at radius 2 is 1.96 bits per heavy atom. The molecule has 2 aromatic rings. The Labute approximate surface area is 154 Å². The summed E-state index contributed by atoms with van der Waals surface area (Å²) in [5, 5.41) is 2.70. The molecule has 0 aliphatic heterocycles. The van der Waals surface area contributed by atoms with Crippen LogP contribution in [0.5, 0.6) is 5.75 Å². The van der Waals surface area contributed by atoms with E-state index in [4.69, 9.17) is 9.47 Å². The molecule has 0 aliphatic rings. The van der Waals surface area contributed by atoms with Gasteiger partial charge in [0.15, 0.2) is 6.61 Å². The number of nitrogens with one attached hydrogen (secondary N) is 1. The van der Waals surface area contributed by atoms with E-state index in [1.807, 2.05) is 42.5 Å². The predicted molar refractivity (Wildman–Crippen MR) is 99.0 cm³/mol. The van der Waals surface area contributed by atoms with Crippen LogP contribution in [0, 0.1) is 0 Å². The van der Waals surface area contributed by atoms with Crippen molar-refractivity contribution in [3.8, 4) is 5.75 Å². The fourth-order valence-electron chi connectivity index (χ4n) is 1.98. The van der Waals surface area contributed by atoms with Gasteiger partial charge in [0.2, 0.25) is 0 Å². The number of rotatable bonds is 7. The molecule has 2 rings (SSSR count). The summed E-state index contributed by atoms with van der Waals surface area (Å²) in [4.78, 5) is 23.4. The lowest BCUT2D eigenvalue weighted by Crippen LogP contribution is -2.28. The van der Waals surface area contributed by atoms with E-state index in [0.717, 1.165) is 15.6 Å². The lowest BCUT2D eigenvalue weighted by atomic mass is 10.2. The number of hydrogen-bond donors (Lipinski definition) is 1. The maximum atomic E-state index is 11.7. The van der Waals surface area contributed by atoms with Crippen LogP contribution in [0.1, 0.15) is 11.1 Å². The van der Waals surface area contributed by atoms with Crippen molar-refractivity contribution >= 4 is 33.9 Å². The highest BCUT2D eigenvalue weighted by Crippen LogP contribution is 2.15. The van der Waals surface area contributed by atoms with Crippen molar-refractivity contribution in [1.29, 1.82) is 0 Å². The highest BCUT2D eigenvalue weighted by Gasteiger charge is 2.06. The lowest BCUT2D eigenvalue weighted by Gasteiger charge is -2.07. The van der Waals surface area contributed by atoms with Gasteiger partial charge in [0.1, 0.15) is 5.75 Å². The molecule has 0 heterocycles. The summed E-state index contributed by atoms with van der Waals surface area (Å²) in [6.07, 6.45) is 2.87. The van der Waals surface area contributed by atoms with Gasteiger partial charge >= 0.3 is 5.97 Å². The minimum absolute atomic E-state index is 0.328. The second-order valence-corrected chi connectivity index (χ2v) is 5.94. The summed E-state index contributed by atoms with van der Waals surface area (Å²) < 4.78 is 10.9. The first-order chi connectivity index (χ1) is 12.1. The topological polar surface area (TPSA) is 64.6 Å². The Morgan fingerprint density at radius 3 is 2.72 bits per heavy atom. The molecule has 2 aromatic carbocycles. The zero-order chi connectivity index (χ0) is 18.1. The van der Waals surface area contributed by atoms with E-state index in [2.05, 4.69) is 21.2 Å². The highest BCUT2D eigenvalue weighted by molar-refractivity contribution is 9.10. The predicted octanol–water partition coefficient (Wildman–Crippen LogP) is 3.33. The number of ether oxygens (including phenoxy) is 2. The second kappa shape index (κ2) is 9.64. The van der Waals surface area contributed by atoms with Crippen LogP contribution in [0.15, 0.2) is 59.1 Å². The van der Waals surface area contributed by atoms with E-state index >= 15 is 0 Å². The van der Waals surface area contributed by atoms with Gasteiger partial charge in [-0.05, 0) is 35.4 Å². The Bertz CT molecular complexity index is 774. The van der Waals surface area contributed by atoms with Crippen LogP contribution < -0.4 is 10.1 Å². The lowest BCUT2D eigenvalue weighted by molar-refractivity contribution is -0.143. The molecule has 0 unspecified atom stereocenters. The quantitative estimate of drug-likeness (QED) is 0.568. The van der Waals surface area contributed by atoms with Gasteiger partial charge in [-0.25, -0.2) is 4.79 Å². The molecule has 0 fully saturated rings. The van der Waals surface area contributed by atoms with Gasteiger partial charge in [-0.1, -0.05) is 46.3 Å². The standard InChI is InChI=1S/C19H18BrNO4/c1-24-16-7-4-5-14(11-16)9-10-19(23)25-13-18(22)21-12-15-6-2-3-8-17(15)20/h2-11H,12-13H2,1H3,(H,21,22). The zero-order valence-corrected chi connectivity index (χ0v) is 15.3. The molecule has 0 bridgehead atoms. The Kier molecular flexibility index (Phi) is 7.22. The molecule has 130 valence electrons. The molecular weight excluding hydrogens is 386 g/mol. The van der Waals surface area contributed by atoms with E-state index in [9.17, 15) is 9.59 Å². The molecule has 6 heteroatoms. The van der Waals surface area contributed by atoms with Crippen LogP contribution in [0.25, 0.3) is 6.08 Å². The molecule has 0 atom stereocenters. The van der Waals surface area contributed by atoms with E-state index in [-0.39, 0.29) is 12.5 Å². The summed E-state index contributed by atoms with van der Waals surface area (Å²) in [6.45, 7) is 0.0309. The summed E-state index contributed by atoms with van der Waals surface area (Å²) in [5.41, 5.74) is 1.75. The van der Waals surface area contributed by atoms with E-state index < -0.39 is 5.97 Å². The Hall–Kier alpha value is -2.60. The summed E-state index contributed by atoms with van der Waals surface area (Å²) in [5.74, 6) is -0.250. The van der Waals surface area contributed by atoms with Crippen LogP contribution in [-0.4, -0.2) is 25.6 Å². The first kappa shape index (κ1) is 18.7. The van der Waals surface area contributed by atoms with Crippen LogP contribution in [0.2, 0.25) is 0 Å². The number of esters is 1.